The topological polar surface area (TPSA) is 69.2 Å². The highest BCUT2D eigenvalue weighted by atomic mass is 16.4. The van der Waals surface area contributed by atoms with Crippen molar-refractivity contribution in [3.8, 4) is 0 Å². The van der Waals surface area contributed by atoms with Gasteiger partial charge >= 0.3 is 0 Å². The van der Waals surface area contributed by atoms with E-state index >= 15 is 0 Å². The summed E-state index contributed by atoms with van der Waals surface area (Å²) >= 11 is 0. The number of carbonyl (C=O) groups excluding carboxylic acids is 2. The van der Waals surface area contributed by atoms with Crippen molar-refractivity contribution in [2.24, 2.45) is 0 Å². The highest BCUT2D eigenvalue weighted by molar-refractivity contribution is 5.75. The SMILES string of the molecule is CCCCCCCCCCCCCCCC(=O)NCC[N+](C)(C)CCCC(=O)[O-]. The molecule has 0 atom stereocenters. The van der Waals surface area contributed by atoms with Crippen LogP contribution in [0.15, 0.2) is 0 Å². The van der Waals surface area contributed by atoms with Crippen molar-refractivity contribution in [3.63, 3.8) is 0 Å². The fourth-order valence-electron chi connectivity index (χ4n) is 3.65. The predicted octanol–water partition coefficient (Wildman–Crippen LogP) is 4.19. The van der Waals surface area contributed by atoms with Crippen LogP contribution in [0.25, 0.3) is 0 Å². The van der Waals surface area contributed by atoms with Crippen molar-refractivity contribution in [1.82, 2.24) is 5.32 Å². The van der Waals surface area contributed by atoms with Crippen molar-refractivity contribution in [1.29, 1.82) is 0 Å². The molecule has 0 radical (unpaired) electrons. The molecule has 0 heterocycles. The number of likely N-dealkylation sites (N-methyl/N-ethyl adjacent to an activating group) is 1. The summed E-state index contributed by atoms with van der Waals surface area (Å²) in [5.74, 6) is -0.848. The minimum absolute atomic E-state index is 0.104. The molecule has 1 N–H and O–H groups in total. The molecule has 172 valence electrons. The number of unbranched alkanes of at least 4 members (excludes halogenated alkanes) is 12. The number of nitrogens with zero attached hydrogens (tertiary/aromatic N) is 1. The summed E-state index contributed by atoms with van der Waals surface area (Å²) in [6.07, 6.45) is 18.4. The Kier molecular flexibility index (Phi) is 18.2. The summed E-state index contributed by atoms with van der Waals surface area (Å²) in [4.78, 5) is 22.4. The molecule has 0 bridgehead atoms. The fraction of sp³-hybridized carbons (Fsp3) is 0.917. The quantitative estimate of drug-likeness (QED) is 0.227. The van der Waals surface area contributed by atoms with Gasteiger partial charge in [0.05, 0.1) is 33.7 Å². The van der Waals surface area contributed by atoms with E-state index in [2.05, 4.69) is 26.3 Å². The molecule has 0 aromatic heterocycles. The lowest BCUT2D eigenvalue weighted by Gasteiger charge is -2.30. The molecule has 0 aliphatic rings. The van der Waals surface area contributed by atoms with Crippen LogP contribution in [-0.4, -0.2) is 50.1 Å². The van der Waals surface area contributed by atoms with Crippen LogP contribution in [0, 0.1) is 0 Å². The van der Waals surface area contributed by atoms with Crippen LogP contribution < -0.4 is 10.4 Å². The lowest BCUT2D eigenvalue weighted by atomic mass is 10.0. The van der Waals surface area contributed by atoms with Crippen molar-refractivity contribution in [2.75, 3.05) is 33.7 Å². The first-order chi connectivity index (χ1) is 13.9. The van der Waals surface area contributed by atoms with Gasteiger partial charge in [0.15, 0.2) is 0 Å². The first kappa shape index (κ1) is 27.9. The van der Waals surface area contributed by atoms with Gasteiger partial charge in [0, 0.05) is 18.8 Å². The molecule has 0 spiro atoms. The van der Waals surface area contributed by atoms with Crippen molar-refractivity contribution >= 4 is 11.9 Å². The summed E-state index contributed by atoms with van der Waals surface area (Å²) in [6.45, 7) is 4.51. The van der Waals surface area contributed by atoms with Gasteiger partial charge in [0.25, 0.3) is 0 Å². The first-order valence-electron chi connectivity index (χ1n) is 12.2. The molecule has 0 fully saturated rings. The molecule has 0 aliphatic carbocycles. The third-order valence-corrected chi connectivity index (χ3v) is 5.69. The fourth-order valence-corrected chi connectivity index (χ4v) is 3.65. The van der Waals surface area contributed by atoms with Crippen molar-refractivity contribution in [2.45, 2.75) is 110 Å². The zero-order chi connectivity index (χ0) is 21.8. The molecule has 0 aliphatic heterocycles. The van der Waals surface area contributed by atoms with E-state index in [1.165, 1.54) is 70.6 Å². The largest absolute Gasteiger partial charge is 0.550 e. The van der Waals surface area contributed by atoms with E-state index in [9.17, 15) is 14.7 Å². The monoisotopic (exact) mass is 412 g/mol. The Labute approximate surface area is 180 Å². The molecule has 1 amide bonds. The third kappa shape index (κ3) is 21.4. The van der Waals surface area contributed by atoms with Crippen molar-refractivity contribution < 1.29 is 19.2 Å². The molecule has 5 heteroatoms. The summed E-state index contributed by atoms with van der Waals surface area (Å²) in [5.41, 5.74) is 0. The van der Waals surface area contributed by atoms with Crippen LogP contribution in [0.4, 0.5) is 0 Å². The van der Waals surface area contributed by atoms with Crippen molar-refractivity contribution in [3.05, 3.63) is 0 Å². The molecule has 0 saturated heterocycles. The zero-order valence-electron chi connectivity index (χ0n) is 19.6. The van der Waals surface area contributed by atoms with Gasteiger partial charge in [-0.25, -0.2) is 0 Å². The Bertz CT molecular complexity index is 411. The van der Waals surface area contributed by atoms with E-state index in [1.54, 1.807) is 0 Å². The van der Waals surface area contributed by atoms with Crippen LogP contribution in [0.2, 0.25) is 0 Å². The summed E-state index contributed by atoms with van der Waals surface area (Å²) in [5, 5.41) is 13.5. The summed E-state index contributed by atoms with van der Waals surface area (Å²) in [7, 11) is 4.13. The van der Waals surface area contributed by atoms with Gasteiger partial charge in [0.2, 0.25) is 5.91 Å². The molecule has 0 aromatic rings. The number of rotatable bonds is 21. The molecule has 0 unspecified atom stereocenters. The number of carboxylic acids is 1. The van der Waals surface area contributed by atoms with Crippen LogP contribution >= 0.6 is 0 Å². The number of quaternary nitrogens is 1. The first-order valence-corrected chi connectivity index (χ1v) is 12.2. The number of carboxylic acid groups (broad SMARTS) is 1. The lowest BCUT2D eigenvalue weighted by Crippen LogP contribution is -2.46. The number of carbonyl (C=O) groups is 2. The number of hydrogen-bond donors (Lipinski definition) is 1. The number of hydrogen-bond acceptors (Lipinski definition) is 3. The van der Waals surface area contributed by atoms with E-state index in [-0.39, 0.29) is 12.3 Å². The average Bonchev–Trinajstić information content (AvgIpc) is 2.64. The van der Waals surface area contributed by atoms with Crippen LogP contribution in [0.1, 0.15) is 110 Å². The zero-order valence-corrected chi connectivity index (χ0v) is 19.6. The Balaban J connectivity index is 3.40. The minimum Gasteiger partial charge on any atom is -0.550 e. The molecule has 0 saturated carbocycles. The molecule has 0 aromatic carbocycles. The minimum atomic E-state index is -0.990. The van der Waals surface area contributed by atoms with Gasteiger partial charge in [-0.3, -0.25) is 4.79 Å². The van der Waals surface area contributed by atoms with E-state index in [0.717, 1.165) is 25.9 Å². The number of amides is 1. The second kappa shape index (κ2) is 18.9. The molecular formula is C24H48N2O3. The van der Waals surface area contributed by atoms with Crippen LogP contribution in [-0.2, 0) is 9.59 Å². The Morgan fingerprint density at radius 3 is 1.66 bits per heavy atom. The maximum absolute atomic E-state index is 11.9. The average molecular weight is 413 g/mol. The summed E-state index contributed by atoms with van der Waals surface area (Å²) < 4.78 is 0.715. The maximum Gasteiger partial charge on any atom is 0.220 e. The second-order valence-corrected chi connectivity index (χ2v) is 9.20. The Hall–Kier alpha value is -1.10. The number of nitrogens with one attached hydrogen (secondary N) is 1. The second-order valence-electron chi connectivity index (χ2n) is 9.20. The predicted molar refractivity (Wildman–Crippen MR) is 119 cm³/mol. The number of aliphatic carboxylic acids is 1. The Morgan fingerprint density at radius 2 is 1.17 bits per heavy atom. The lowest BCUT2D eigenvalue weighted by molar-refractivity contribution is -0.889. The maximum atomic E-state index is 11.9. The Morgan fingerprint density at radius 1 is 0.690 bits per heavy atom. The molecule has 0 rings (SSSR count). The third-order valence-electron chi connectivity index (χ3n) is 5.69. The smallest absolute Gasteiger partial charge is 0.220 e. The van der Waals surface area contributed by atoms with E-state index < -0.39 is 5.97 Å². The van der Waals surface area contributed by atoms with Gasteiger partial charge in [-0.15, -0.1) is 0 Å². The van der Waals surface area contributed by atoms with E-state index in [0.29, 0.717) is 23.9 Å². The standard InChI is InChI=1S/C24H48N2O3/c1-4-5-6-7-8-9-10-11-12-13-14-15-16-18-23(27)25-20-22-26(2,3)21-17-19-24(28)29/h4-22H2,1-3H3,(H-,25,27,28,29). The van der Waals surface area contributed by atoms with Gasteiger partial charge in [0.1, 0.15) is 0 Å². The van der Waals surface area contributed by atoms with E-state index in [1.807, 2.05) is 0 Å². The highest BCUT2D eigenvalue weighted by Gasteiger charge is 2.14. The molecule has 29 heavy (non-hydrogen) atoms. The normalized spacial score (nSPS) is 11.6. The van der Waals surface area contributed by atoms with Gasteiger partial charge in [-0.1, -0.05) is 84.0 Å². The van der Waals surface area contributed by atoms with Crippen LogP contribution in [0.3, 0.4) is 0 Å². The highest BCUT2D eigenvalue weighted by Crippen LogP contribution is 2.12. The van der Waals surface area contributed by atoms with Gasteiger partial charge in [-0.2, -0.15) is 0 Å². The van der Waals surface area contributed by atoms with Gasteiger partial charge in [-0.05, 0) is 12.8 Å². The summed E-state index contributed by atoms with van der Waals surface area (Å²) in [6, 6.07) is 0. The molecular weight excluding hydrogens is 364 g/mol. The van der Waals surface area contributed by atoms with Gasteiger partial charge < -0.3 is 19.7 Å². The van der Waals surface area contributed by atoms with Crippen LogP contribution in [0.5, 0.6) is 0 Å². The van der Waals surface area contributed by atoms with E-state index in [4.69, 9.17) is 0 Å². The molecule has 5 nitrogen and oxygen atoms in total.